The number of fused-ring (bicyclic) bond motifs is 1. The molecule has 1 saturated heterocycles. The molecule has 0 amide bonds. The number of aromatic nitrogens is 4. The average molecular weight is 899 g/mol. The summed E-state index contributed by atoms with van der Waals surface area (Å²) in [4.78, 5) is 12.6. The highest BCUT2D eigenvalue weighted by Gasteiger charge is 2.58. The van der Waals surface area contributed by atoms with Crippen molar-refractivity contribution in [2.45, 2.75) is 41.3 Å². The number of hydrogen-bond donors (Lipinski definition) is 2. The topological polar surface area (TPSA) is 167 Å². The van der Waals surface area contributed by atoms with Crippen molar-refractivity contribution in [1.82, 2.24) is 19.5 Å². The van der Waals surface area contributed by atoms with Crippen molar-refractivity contribution in [3.05, 3.63) is 222 Å². The molecule has 0 bridgehead atoms. The van der Waals surface area contributed by atoms with Gasteiger partial charge in [-0.15, -0.1) is 0 Å². The van der Waals surface area contributed by atoms with Gasteiger partial charge in [0.05, 0.1) is 12.9 Å². The molecule has 0 aliphatic carbocycles. The highest BCUT2D eigenvalue weighted by atomic mass is 32.2. The van der Waals surface area contributed by atoms with Crippen molar-refractivity contribution in [3.63, 3.8) is 0 Å². The fourth-order valence-electron chi connectivity index (χ4n) is 8.56. The van der Waals surface area contributed by atoms with Crippen molar-refractivity contribution in [3.8, 4) is 0 Å². The van der Waals surface area contributed by atoms with Gasteiger partial charge in [-0.25, -0.2) is 4.98 Å². The van der Waals surface area contributed by atoms with Gasteiger partial charge in [-0.2, -0.15) is 31.6 Å². The summed E-state index contributed by atoms with van der Waals surface area (Å²) >= 11 is 0. The number of imidazole rings is 1. The Kier molecular flexibility index (Phi) is 11.7. The van der Waals surface area contributed by atoms with Gasteiger partial charge in [-0.3, -0.25) is 8.75 Å². The number of ether oxygens (including phenoxy) is 3. The van der Waals surface area contributed by atoms with Gasteiger partial charge in [0.25, 0.3) is 0 Å². The maximum Gasteiger partial charge on any atom is 0.523 e. The Bertz CT molecular complexity index is 2780. The zero-order chi connectivity index (χ0) is 45.2. The van der Waals surface area contributed by atoms with Crippen LogP contribution in [0.1, 0.15) is 39.6 Å². The zero-order valence-electron chi connectivity index (χ0n) is 34.3. The third-order valence-electron chi connectivity index (χ3n) is 11.4. The lowest BCUT2D eigenvalue weighted by Crippen LogP contribution is -2.48. The number of nitrogens with zero attached hydrogens (tertiary/aromatic N) is 4. The molecule has 0 saturated carbocycles. The minimum absolute atomic E-state index is 0.0286. The highest BCUT2D eigenvalue weighted by molar-refractivity contribution is 7.87. The lowest BCUT2D eigenvalue weighted by atomic mass is 9.79. The number of alkyl halides is 3. The van der Waals surface area contributed by atoms with E-state index in [-0.39, 0.29) is 22.9 Å². The Morgan fingerprint density at radius 3 is 1.38 bits per heavy atom. The number of anilines is 2. The molecule has 1 fully saturated rings. The van der Waals surface area contributed by atoms with Crippen molar-refractivity contribution in [2.24, 2.45) is 0 Å². The minimum atomic E-state index is -6.37. The van der Waals surface area contributed by atoms with Crippen LogP contribution in [0, 0.1) is 0 Å². The van der Waals surface area contributed by atoms with Crippen LogP contribution in [0.25, 0.3) is 11.2 Å². The molecule has 1 aliphatic heterocycles. The lowest BCUT2D eigenvalue weighted by Gasteiger charge is -2.41. The maximum atomic E-state index is 14.6. The molecule has 4 atom stereocenters. The molecule has 2 aromatic heterocycles. The standard InChI is InChI=1S/C49H41F3N6O6S/c50-49(51,52)65(59,60)64-42-41(63-48(36-25-13-4-14-26-36,37-27-15-5-16-28-37)38-29-17-6-18-30-38)39(62-45(42)58-32-55-40-43(53)56-46(54)57-44(40)58)31-61-47(33-19-7-1-8-20-33,34-21-9-2-10-22-34)35-23-11-3-12-24-35/h1-30,32,39,41-42,45H,31H2,(H4,53,54,56,57)/t39-,41-,42-,45-/m1/s1. The molecule has 12 nitrogen and oxygen atoms in total. The predicted molar refractivity (Wildman–Crippen MR) is 237 cm³/mol. The molecule has 0 spiro atoms. The quantitative estimate of drug-likeness (QED) is 0.0610. The SMILES string of the molecule is Nc1nc(N)c2ncn([C@@H]3O[C@H](COC(c4ccccc4)(c4ccccc4)c4ccccc4)[C@@H](OC(c4ccccc4)(c4ccccc4)c4ccccc4)[C@H]3OS(=O)(=O)C(F)(F)F)c2n1. The molecule has 0 unspecified atom stereocenters. The first-order chi connectivity index (χ1) is 31.4. The number of benzene rings is 6. The predicted octanol–water partition coefficient (Wildman–Crippen LogP) is 8.51. The summed E-state index contributed by atoms with van der Waals surface area (Å²) in [6.45, 7) is -0.411. The lowest BCUT2D eigenvalue weighted by molar-refractivity contribution is -0.131. The Labute approximate surface area is 372 Å². The third kappa shape index (κ3) is 8.00. The van der Waals surface area contributed by atoms with Crippen LogP contribution in [0.5, 0.6) is 0 Å². The van der Waals surface area contributed by atoms with Crippen LogP contribution in [0.4, 0.5) is 24.9 Å². The number of rotatable bonds is 14. The van der Waals surface area contributed by atoms with Crippen LogP contribution in [0.15, 0.2) is 188 Å². The summed E-state index contributed by atoms with van der Waals surface area (Å²) in [5.74, 6) is -0.413. The minimum Gasteiger partial charge on any atom is -0.382 e. The van der Waals surface area contributed by atoms with Crippen LogP contribution in [0.3, 0.4) is 0 Å². The third-order valence-corrected chi connectivity index (χ3v) is 12.4. The second-order valence-corrected chi connectivity index (χ2v) is 16.8. The van der Waals surface area contributed by atoms with E-state index in [2.05, 4.69) is 15.0 Å². The van der Waals surface area contributed by atoms with Crippen LogP contribution in [0.2, 0.25) is 0 Å². The second kappa shape index (κ2) is 17.6. The number of nitrogen functional groups attached to an aromatic ring is 2. The summed E-state index contributed by atoms with van der Waals surface area (Å²) in [6, 6.07) is 55.5. The molecular weight excluding hydrogens is 858 g/mol. The Morgan fingerprint density at radius 2 is 0.985 bits per heavy atom. The smallest absolute Gasteiger partial charge is 0.382 e. The van der Waals surface area contributed by atoms with Gasteiger partial charge in [-0.1, -0.05) is 182 Å². The van der Waals surface area contributed by atoms with Gasteiger partial charge in [0, 0.05) is 0 Å². The molecule has 6 aromatic carbocycles. The summed E-state index contributed by atoms with van der Waals surface area (Å²) in [7, 11) is -6.37. The van der Waals surface area contributed by atoms with E-state index in [0.717, 1.165) is 0 Å². The largest absolute Gasteiger partial charge is 0.523 e. The van der Waals surface area contributed by atoms with Gasteiger partial charge >= 0.3 is 15.6 Å². The zero-order valence-corrected chi connectivity index (χ0v) is 35.2. The molecule has 9 rings (SSSR count). The van der Waals surface area contributed by atoms with E-state index in [4.69, 9.17) is 29.9 Å². The first-order valence-electron chi connectivity index (χ1n) is 20.5. The highest BCUT2D eigenvalue weighted by Crippen LogP contribution is 2.48. The number of hydrogen-bond acceptors (Lipinski definition) is 11. The summed E-state index contributed by atoms with van der Waals surface area (Å²) in [6.07, 6.45) is -5.72. The van der Waals surface area contributed by atoms with E-state index < -0.39 is 58.0 Å². The van der Waals surface area contributed by atoms with E-state index in [9.17, 15) is 21.6 Å². The van der Waals surface area contributed by atoms with Crippen molar-refractivity contribution in [2.75, 3.05) is 18.1 Å². The number of nitrogens with two attached hydrogens (primary N) is 2. The summed E-state index contributed by atoms with van der Waals surface area (Å²) in [5.41, 5.74) is 7.15. The van der Waals surface area contributed by atoms with E-state index in [1.54, 1.807) is 36.4 Å². The van der Waals surface area contributed by atoms with Crippen molar-refractivity contribution < 1.29 is 40.0 Å². The summed E-state index contributed by atoms with van der Waals surface area (Å²) < 4.78 is 98.9. The molecule has 8 aromatic rings. The molecular formula is C49H41F3N6O6S. The molecule has 3 heterocycles. The first kappa shape index (κ1) is 43.3. The maximum absolute atomic E-state index is 14.6. The molecule has 65 heavy (non-hydrogen) atoms. The fourth-order valence-corrected chi connectivity index (χ4v) is 9.16. The van der Waals surface area contributed by atoms with Gasteiger partial charge in [-0.05, 0) is 33.4 Å². The molecule has 4 N–H and O–H groups in total. The summed E-state index contributed by atoms with van der Waals surface area (Å²) in [5, 5.41) is 0. The van der Waals surface area contributed by atoms with Crippen LogP contribution >= 0.6 is 0 Å². The van der Waals surface area contributed by atoms with Crippen LogP contribution in [-0.2, 0) is 39.7 Å². The van der Waals surface area contributed by atoms with Crippen LogP contribution in [-0.4, -0.2) is 58.4 Å². The molecule has 16 heteroatoms. The van der Waals surface area contributed by atoms with Crippen molar-refractivity contribution in [1.29, 1.82) is 0 Å². The van der Waals surface area contributed by atoms with Gasteiger partial charge < -0.3 is 25.7 Å². The van der Waals surface area contributed by atoms with Gasteiger partial charge in [0.15, 0.2) is 23.8 Å². The van der Waals surface area contributed by atoms with Crippen molar-refractivity contribution >= 4 is 33.0 Å². The monoisotopic (exact) mass is 898 g/mol. The molecule has 1 aliphatic rings. The van der Waals surface area contributed by atoms with Gasteiger partial charge in [0.1, 0.15) is 28.9 Å². The Balaban J connectivity index is 1.29. The number of halogens is 3. The Morgan fingerprint density at radius 1 is 0.585 bits per heavy atom. The van der Waals surface area contributed by atoms with E-state index in [1.807, 2.05) is 146 Å². The molecule has 330 valence electrons. The van der Waals surface area contributed by atoms with E-state index >= 15 is 0 Å². The normalized spacial score (nSPS) is 18.2. The first-order valence-corrected chi connectivity index (χ1v) is 21.9. The van der Waals surface area contributed by atoms with E-state index in [0.29, 0.717) is 33.4 Å². The fraction of sp³-hybridized carbons (Fsp3) is 0.163. The van der Waals surface area contributed by atoms with Crippen LogP contribution < -0.4 is 11.5 Å². The van der Waals surface area contributed by atoms with Gasteiger partial charge in [0.2, 0.25) is 5.95 Å². The second-order valence-electron chi connectivity index (χ2n) is 15.3. The Hall–Kier alpha value is -6.95. The molecule has 0 radical (unpaired) electrons. The van der Waals surface area contributed by atoms with E-state index in [1.165, 1.54) is 10.9 Å². The average Bonchev–Trinajstić information content (AvgIpc) is 3.90.